The van der Waals surface area contributed by atoms with E-state index in [9.17, 15) is 9.59 Å². The molecule has 3 heteroatoms. The number of nitrogens with one attached hydrogen (secondary N) is 1. The van der Waals surface area contributed by atoms with E-state index in [1.165, 1.54) is 32.1 Å². The zero-order valence-electron chi connectivity index (χ0n) is 13.4. The molecule has 0 aromatic rings. The third-order valence-electron chi connectivity index (χ3n) is 5.19. The second-order valence-corrected chi connectivity index (χ2v) is 7.87. The van der Waals surface area contributed by atoms with Crippen molar-refractivity contribution < 1.29 is 9.59 Å². The summed E-state index contributed by atoms with van der Waals surface area (Å²) in [4.78, 5) is 24.4. The first-order valence-electron chi connectivity index (χ1n) is 8.10. The summed E-state index contributed by atoms with van der Waals surface area (Å²) in [5.74, 6) is 0.993. The smallest absolute Gasteiger partial charge is 0.221 e. The maximum Gasteiger partial charge on any atom is 0.221 e. The third kappa shape index (κ3) is 3.24. The molecule has 2 saturated carbocycles. The Bertz CT molecular complexity index is 396. The minimum atomic E-state index is -0.350. The zero-order valence-corrected chi connectivity index (χ0v) is 13.4. The number of carbonyl (C=O) groups excluding carboxylic acids is 2. The van der Waals surface area contributed by atoms with Crippen molar-refractivity contribution >= 4 is 11.7 Å². The van der Waals surface area contributed by atoms with Gasteiger partial charge < -0.3 is 5.32 Å². The van der Waals surface area contributed by atoms with E-state index in [1.54, 1.807) is 0 Å². The van der Waals surface area contributed by atoms with E-state index in [-0.39, 0.29) is 23.1 Å². The van der Waals surface area contributed by atoms with Crippen LogP contribution in [0, 0.1) is 16.7 Å². The molecule has 0 radical (unpaired) electrons. The van der Waals surface area contributed by atoms with Crippen LogP contribution in [0.2, 0.25) is 0 Å². The molecule has 0 bridgehead atoms. The second kappa shape index (κ2) is 5.50. The Balaban J connectivity index is 1.94. The van der Waals surface area contributed by atoms with Crippen molar-refractivity contribution in [2.75, 3.05) is 0 Å². The molecule has 2 rings (SSSR count). The highest BCUT2D eigenvalue weighted by molar-refractivity contribution is 5.89. The SMILES string of the molecule is CCC(=O)C(NC(=O)C[C@@]12CCCC[C@@H]1C2)C(C)(C)C. The summed E-state index contributed by atoms with van der Waals surface area (Å²) in [5, 5.41) is 3.02. The number of ketones is 1. The van der Waals surface area contributed by atoms with Gasteiger partial charge in [-0.2, -0.15) is 0 Å². The van der Waals surface area contributed by atoms with Crippen molar-refractivity contribution in [3.63, 3.8) is 0 Å². The van der Waals surface area contributed by atoms with Crippen LogP contribution in [0.5, 0.6) is 0 Å². The normalized spacial score (nSPS) is 30.3. The number of Topliss-reactive ketones (excluding diaryl/α,β-unsaturated/α-hetero) is 1. The summed E-state index contributed by atoms with van der Waals surface area (Å²) >= 11 is 0. The van der Waals surface area contributed by atoms with Crippen LogP contribution in [0.25, 0.3) is 0 Å². The fourth-order valence-corrected chi connectivity index (χ4v) is 3.83. The quantitative estimate of drug-likeness (QED) is 0.837. The number of hydrogen-bond donors (Lipinski definition) is 1. The van der Waals surface area contributed by atoms with Crippen molar-refractivity contribution in [1.82, 2.24) is 5.32 Å². The van der Waals surface area contributed by atoms with Crippen molar-refractivity contribution in [2.45, 2.75) is 78.7 Å². The molecule has 0 heterocycles. The molecule has 0 aliphatic heterocycles. The lowest BCUT2D eigenvalue weighted by atomic mass is 9.82. The molecule has 0 saturated heterocycles. The predicted octanol–water partition coefficient (Wildman–Crippen LogP) is 3.47. The maximum absolute atomic E-state index is 12.4. The number of carbonyl (C=O) groups is 2. The highest BCUT2D eigenvalue weighted by Gasteiger charge is 2.55. The Labute approximate surface area is 122 Å². The lowest BCUT2D eigenvalue weighted by Crippen LogP contribution is -2.49. The van der Waals surface area contributed by atoms with E-state index < -0.39 is 0 Å². The van der Waals surface area contributed by atoms with E-state index in [0.29, 0.717) is 18.3 Å². The molecular weight excluding hydrogens is 250 g/mol. The molecule has 3 atom stereocenters. The summed E-state index contributed by atoms with van der Waals surface area (Å²) in [6.07, 6.45) is 7.42. The van der Waals surface area contributed by atoms with Gasteiger partial charge in [-0.3, -0.25) is 9.59 Å². The van der Waals surface area contributed by atoms with Gasteiger partial charge in [0.1, 0.15) is 0 Å². The van der Waals surface area contributed by atoms with Gasteiger partial charge in [0.2, 0.25) is 5.91 Å². The molecule has 2 aliphatic rings. The Morgan fingerprint density at radius 3 is 2.55 bits per heavy atom. The predicted molar refractivity (Wildman–Crippen MR) is 80.3 cm³/mol. The van der Waals surface area contributed by atoms with Crippen molar-refractivity contribution in [2.24, 2.45) is 16.7 Å². The van der Waals surface area contributed by atoms with Crippen LogP contribution in [0.3, 0.4) is 0 Å². The second-order valence-electron chi connectivity index (χ2n) is 7.87. The van der Waals surface area contributed by atoms with Gasteiger partial charge in [-0.15, -0.1) is 0 Å². The van der Waals surface area contributed by atoms with Gasteiger partial charge in [0.05, 0.1) is 6.04 Å². The summed E-state index contributed by atoms with van der Waals surface area (Å²) in [5.41, 5.74) is 0.0793. The van der Waals surface area contributed by atoms with Gasteiger partial charge >= 0.3 is 0 Å². The highest BCUT2D eigenvalue weighted by Crippen LogP contribution is 2.63. The standard InChI is InChI=1S/C17H29NO2/c1-5-13(19)15(16(2,3)4)18-14(20)11-17-9-7-6-8-12(17)10-17/h12,15H,5-11H2,1-4H3,(H,18,20)/t12-,15?,17+/m1/s1. The fourth-order valence-electron chi connectivity index (χ4n) is 3.83. The summed E-state index contributed by atoms with van der Waals surface area (Å²) in [7, 11) is 0. The molecule has 2 aliphatic carbocycles. The van der Waals surface area contributed by atoms with Crippen LogP contribution in [0.15, 0.2) is 0 Å². The Morgan fingerprint density at radius 1 is 1.30 bits per heavy atom. The van der Waals surface area contributed by atoms with Crippen LogP contribution in [0.1, 0.15) is 72.6 Å². The molecule has 3 nitrogen and oxygen atoms in total. The van der Waals surface area contributed by atoms with E-state index in [4.69, 9.17) is 0 Å². The van der Waals surface area contributed by atoms with Crippen LogP contribution >= 0.6 is 0 Å². The monoisotopic (exact) mass is 279 g/mol. The molecule has 1 amide bonds. The average molecular weight is 279 g/mol. The topological polar surface area (TPSA) is 46.2 Å². The molecule has 0 spiro atoms. The van der Waals surface area contributed by atoms with Gasteiger partial charge in [-0.05, 0) is 36.0 Å². The van der Waals surface area contributed by atoms with Gasteiger partial charge in [-0.25, -0.2) is 0 Å². The van der Waals surface area contributed by atoms with E-state index in [1.807, 2.05) is 27.7 Å². The van der Waals surface area contributed by atoms with E-state index in [0.717, 1.165) is 5.92 Å². The average Bonchev–Trinajstić information content (AvgIpc) is 3.07. The van der Waals surface area contributed by atoms with Gasteiger partial charge in [0, 0.05) is 12.8 Å². The molecule has 1 N–H and O–H groups in total. The summed E-state index contributed by atoms with van der Waals surface area (Å²) < 4.78 is 0. The molecular formula is C17H29NO2. The summed E-state index contributed by atoms with van der Waals surface area (Å²) in [6.45, 7) is 7.92. The molecule has 2 fully saturated rings. The fraction of sp³-hybridized carbons (Fsp3) is 0.882. The Morgan fingerprint density at radius 2 is 2.00 bits per heavy atom. The zero-order chi connectivity index (χ0) is 15.0. The van der Waals surface area contributed by atoms with Crippen molar-refractivity contribution in [3.05, 3.63) is 0 Å². The molecule has 20 heavy (non-hydrogen) atoms. The Hall–Kier alpha value is -0.860. The van der Waals surface area contributed by atoms with E-state index in [2.05, 4.69) is 5.32 Å². The minimum Gasteiger partial charge on any atom is -0.346 e. The number of rotatable bonds is 5. The largest absolute Gasteiger partial charge is 0.346 e. The lowest BCUT2D eigenvalue weighted by molar-refractivity contribution is -0.131. The first-order valence-corrected chi connectivity index (χ1v) is 8.10. The van der Waals surface area contributed by atoms with Crippen molar-refractivity contribution in [1.29, 1.82) is 0 Å². The van der Waals surface area contributed by atoms with Crippen molar-refractivity contribution in [3.8, 4) is 0 Å². The maximum atomic E-state index is 12.4. The van der Waals surface area contributed by atoms with E-state index >= 15 is 0 Å². The molecule has 0 aromatic heterocycles. The van der Waals surface area contributed by atoms with Gasteiger partial charge in [0.25, 0.3) is 0 Å². The number of fused-ring (bicyclic) bond motifs is 1. The minimum absolute atomic E-state index is 0.0797. The summed E-state index contributed by atoms with van der Waals surface area (Å²) in [6, 6.07) is -0.350. The third-order valence-corrected chi connectivity index (χ3v) is 5.19. The first kappa shape index (κ1) is 15.5. The number of hydrogen-bond acceptors (Lipinski definition) is 2. The molecule has 1 unspecified atom stereocenters. The van der Waals surface area contributed by atoms with Crippen LogP contribution < -0.4 is 5.32 Å². The highest BCUT2D eigenvalue weighted by atomic mass is 16.2. The van der Waals surface area contributed by atoms with Crippen LogP contribution in [-0.2, 0) is 9.59 Å². The lowest BCUT2D eigenvalue weighted by Gasteiger charge is -2.31. The Kier molecular flexibility index (Phi) is 4.27. The number of amides is 1. The molecule has 114 valence electrons. The van der Waals surface area contributed by atoms with Crippen LogP contribution in [0.4, 0.5) is 0 Å². The first-order chi connectivity index (χ1) is 9.28. The molecule has 0 aromatic carbocycles. The van der Waals surface area contributed by atoms with Gasteiger partial charge in [0.15, 0.2) is 5.78 Å². The van der Waals surface area contributed by atoms with Gasteiger partial charge in [-0.1, -0.05) is 40.5 Å². The van der Waals surface area contributed by atoms with Crippen LogP contribution in [-0.4, -0.2) is 17.7 Å².